The molecule has 0 N–H and O–H groups in total. The monoisotopic (exact) mass is 195 g/mol. The van der Waals surface area contributed by atoms with Crippen LogP contribution in [-0.2, 0) is 0 Å². The van der Waals surface area contributed by atoms with Gasteiger partial charge in [0.25, 0.3) is 0 Å². The summed E-state index contributed by atoms with van der Waals surface area (Å²) in [4.78, 5) is 0. The van der Waals surface area contributed by atoms with Crippen LogP contribution in [0.15, 0.2) is 0 Å². The SMILES string of the molecule is C[B]C(C)C(C)(C)C(C)(C)C(C)(C)C. The van der Waals surface area contributed by atoms with E-state index in [4.69, 9.17) is 0 Å². The Balaban J connectivity index is 5.07. The molecule has 0 rings (SSSR count). The fourth-order valence-corrected chi connectivity index (χ4v) is 1.95. The van der Waals surface area contributed by atoms with Gasteiger partial charge >= 0.3 is 0 Å². The Morgan fingerprint density at radius 1 is 0.857 bits per heavy atom. The summed E-state index contributed by atoms with van der Waals surface area (Å²) in [5.41, 5.74) is 1.000. The molecule has 83 valence electrons. The Bertz CT molecular complexity index is 184. The third-order valence-electron chi connectivity index (χ3n) is 5.12. The minimum Gasteiger partial charge on any atom is -0.0917 e. The zero-order chi connectivity index (χ0) is 11.8. The first-order chi connectivity index (χ1) is 5.98. The Hall–Kier alpha value is 0.0649. The maximum atomic E-state index is 2.40. The molecule has 0 aliphatic rings. The molecule has 1 atom stereocenters. The molecule has 0 aliphatic heterocycles. The highest BCUT2D eigenvalue weighted by molar-refractivity contribution is 6.35. The van der Waals surface area contributed by atoms with Crippen LogP contribution < -0.4 is 0 Å². The molecule has 1 heteroatoms. The molecule has 0 saturated carbocycles. The van der Waals surface area contributed by atoms with Crippen molar-refractivity contribution < 1.29 is 0 Å². The molecule has 1 unspecified atom stereocenters. The van der Waals surface area contributed by atoms with Crippen molar-refractivity contribution in [3.05, 3.63) is 0 Å². The van der Waals surface area contributed by atoms with Gasteiger partial charge < -0.3 is 0 Å². The topological polar surface area (TPSA) is 0 Å². The summed E-state index contributed by atoms with van der Waals surface area (Å²) >= 11 is 0. The molecule has 0 aromatic carbocycles. The summed E-state index contributed by atoms with van der Waals surface area (Å²) in [6.45, 7) is 21.1. The van der Waals surface area contributed by atoms with E-state index in [0.717, 1.165) is 0 Å². The standard InChI is InChI=1S/C13H28B/c1-10(14-9)12(5,6)13(7,8)11(2,3)4/h10H,1-9H3. The van der Waals surface area contributed by atoms with Crippen molar-refractivity contribution in [1.29, 1.82) is 0 Å². The predicted molar refractivity (Wildman–Crippen MR) is 68.1 cm³/mol. The van der Waals surface area contributed by atoms with Gasteiger partial charge in [-0.25, -0.2) is 0 Å². The summed E-state index contributed by atoms with van der Waals surface area (Å²) in [5, 5.41) is 0. The first-order valence-corrected chi connectivity index (χ1v) is 5.78. The van der Waals surface area contributed by atoms with Crippen molar-refractivity contribution in [2.45, 2.75) is 68.0 Å². The van der Waals surface area contributed by atoms with Crippen LogP contribution in [0.25, 0.3) is 0 Å². The predicted octanol–water partition coefficient (Wildman–Crippen LogP) is 4.65. The Labute approximate surface area is 92.1 Å². The second kappa shape index (κ2) is 3.91. The quantitative estimate of drug-likeness (QED) is 0.575. The van der Waals surface area contributed by atoms with Gasteiger partial charge in [0, 0.05) is 0 Å². The highest BCUT2D eigenvalue weighted by Crippen LogP contribution is 2.56. The highest BCUT2D eigenvalue weighted by Gasteiger charge is 2.47. The molecule has 0 fully saturated rings. The van der Waals surface area contributed by atoms with E-state index in [2.05, 4.69) is 69.5 Å². The normalized spacial score (nSPS) is 16.6. The minimum atomic E-state index is 0.325. The summed E-state index contributed by atoms with van der Waals surface area (Å²) in [5.74, 6) is 0.650. The third-order valence-corrected chi connectivity index (χ3v) is 5.12. The van der Waals surface area contributed by atoms with Gasteiger partial charge in [0.15, 0.2) is 0 Å². The maximum absolute atomic E-state index is 2.40. The minimum absolute atomic E-state index is 0.325. The molecule has 14 heavy (non-hydrogen) atoms. The van der Waals surface area contributed by atoms with Gasteiger partial charge in [-0.2, -0.15) is 0 Å². The van der Waals surface area contributed by atoms with Gasteiger partial charge in [-0.05, 0) is 16.2 Å². The molecule has 0 nitrogen and oxygen atoms in total. The van der Waals surface area contributed by atoms with Crippen molar-refractivity contribution in [2.75, 3.05) is 0 Å². The van der Waals surface area contributed by atoms with Crippen LogP contribution in [-0.4, -0.2) is 7.28 Å². The molecule has 0 heterocycles. The third kappa shape index (κ3) is 2.17. The van der Waals surface area contributed by atoms with E-state index in [0.29, 0.717) is 22.1 Å². The van der Waals surface area contributed by atoms with Crippen LogP contribution in [0.1, 0.15) is 55.4 Å². The fourth-order valence-electron chi connectivity index (χ4n) is 1.95. The van der Waals surface area contributed by atoms with Crippen LogP contribution >= 0.6 is 0 Å². The number of rotatable bonds is 3. The molecule has 0 spiro atoms. The lowest BCUT2D eigenvalue weighted by atomic mass is 9.44. The molecule has 0 aliphatic carbocycles. The first-order valence-electron chi connectivity index (χ1n) is 5.78. The van der Waals surface area contributed by atoms with E-state index < -0.39 is 0 Å². The van der Waals surface area contributed by atoms with E-state index in [1.165, 1.54) is 0 Å². The molecule has 1 radical (unpaired) electrons. The lowest BCUT2D eigenvalue weighted by molar-refractivity contribution is -0.00970. The van der Waals surface area contributed by atoms with Gasteiger partial charge in [0.05, 0.1) is 0 Å². The lowest BCUT2D eigenvalue weighted by Gasteiger charge is -2.53. The molecular weight excluding hydrogens is 167 g/mol. The van der Waals surface area contributed by atoms with E-state index in [1.54, 1.807) is 0 Å². The Morgan fingerprint density at radius 2 is 1.21 bits per heavy atom. The number of hydrogen-bond acceptors (Lipinski definition) is 0. The molecule has 0 aromatic heterocycles. The van der Waals surface area contributed by atoms with E-state index in [-0.39, 0.29) is 0 Å². The van der Waals surface area contributed by atoms with Crippen LogP contribution in [0, 0.1) is 16.2 Å². The largest absolute Gasteiger partial charge is 0.110 e. The van der Waals surface area contributed by atoms with Crippen molar-refractivity contribution in [3.8, 4) is 0 Å². The molecule has 0 amide bonds. The lowest BCUT2D eigenvalue weighted by Crippen LogP contribution is -2.45. The fraction of sp³-hybridized carbons (Fsp3) is 1.00. The van der Waals surface area contributed by atoms with Crippen LogP contribution in [0.5, 0.6) is 0 Å². The zero-order valence-electron chi connectivity index (χ0n) is 11.7. The average molecular weight is 195 g/mol. The van der Waals surface area contributed by atoms with Crippen molar-refractivity contribution in [3.63, 3.8) is 0 Å². The smallest absolute Gasteiger partial charge is 0.0917 e. The second-order valence-corrected chi connectivity index (χ2v) is 6.72. The van der Waals surface area contributed by atoms with E-state index in [1.807, 2.05) is 0 Å². The molecule has 0 aromatic rings. The van der Waals surface area contributed by atoms with Crippen molar-refractivity contribution in [1.82, 2.24) is 0 Å². The Morgan fingerprint density at radius 3 is 1.43 bits per heavy atom. The van der Waals surface area contributed by atoms with Crippen LogP contribution in [0.2, 0.25) is 12.6 Å². The van der Waals surface area contributed by atoms with E-state index in [9.17, 15) is 0 Å². The van der Waals surface area contributed by atoms with Gasteiger partial charge in [-0.3, -0.25) is 0 Å². The summed E-state index contributed by atoms with van der Waals surface area (Å²) in [6, 6.07) is 0. The maximum Gasteiger partial charge on any atom is 0.110 e. The van der Waals surface area contributed by atoms with Gasteiger partial charge in [0.1, 0.15) is 7.28 Å². The van der Waals surface area contributed by atoms with Crippen molar-refractivity contribution >= 4 is 7.28 Å². The van der Waals surface area contributed by atoms with Crippen LogP contribution in [0.4, 0.5) is 0 Å². The van der Waals surface area contributed by atoms with Gasteiger partial charge in [-0.1, -0.05) is 68.0 Å². The summed E-state index contributed by atoms with van der Waals surface area (Å²) in [6.07, 6.45) is 0. The first kappa shape index (κ1) is 14.1. The van der Waals surface area contributed by atoms with Gasteiger partial charge in [0.2, 0.25) is 0 Å². The van der Waals surface area contributed by atoms with Crippen molar-refractivity contribution in [2.24, 2.45) is 16.2 Å². The second-order valence-electron chi connectivity index (χ2n) is 6.72. The molecule has 0 bridgehead atoms. The zero-order valence-corrected chi connectivity index (χ0v) is 11.7. The highest BCUT2D eigenvalue weighted by atomic mass is 14.5. The molecule has 0 saturated heterocycles. The summed E-state index contributed by atoms with van der Waals surface area (Å²) in [7, 11) is 2.33. The Kier molecular flexibility index (Phi) is 3.92. The van der Waals surface area contributed by atoms with E-state index >= 15 is 0 Å². The summed E-state index contributed by atoms with van der Waals surface area (Å²) < 4.78 is 0. The molecular formula is C13H28B. The average Bonchev–Trinajstić information content (AvgIpc) is 2.00. The van der Waals surface area contributed by atoms with Gasteiger partial charge in [-0.15, -0.1) is 0 Å². The number of hydrogen-bond donors (Lipinski definition) is 0. The van der Waals surface area contributed by atoms with Crippen LogP contribution in [0.3, 0.4) is 0 Å².